The lowest BCUT2D eigenvalue weighted by Crippen LogP contribution is -2.44. The predicted molar refractivity (Wildman–Crippen MR) is 70.0 cm³/mol. The SMILES string of the molecule is C[C@](O)(C#Cc1ccccc1)[C@]12CCCC[C@H]1O2. The summed E-state index contributed by atoms with van der Waals surface area (Å²) in [5, 5.41) is 10.6. The van der Waals surface area contributed by atoms with E-state index in [4.69, 9.17) is 4.74 Å². The molecule has 1 N–H and O–H groups in total. The van der Waals surface area contributed by atoms with E-state index in [1.807, 2.05) is 30.3 Å². The Hall–Kier alpha value is -1.30. The molecule has 0 unspecified atom stereocenters. The smallest absolute Gasteiger partial charge is 0.154 e. The van der Waals surface area contributed by atoms with Crippen LogP contribution < -0.4 is 0 Å². The van der Waals surface area contributed by atoms with Gasteiger partial charge in [0.2, 0.25) is 0 Å². The molecule has 1 aromatic carbocycles. The first-order valence-corrected chi connectivity index (χ1v) is 6.62. The van der Waals surface area contributed by atoms with Crippen LogP contribution in [0.4, 0.5) is 0 Å². The maximum absolute atomic E-state index is 10.6. The van der Waals surface area contributed by atoms with E-state index in [1.165, 1.54) is 6.42 Å². The van der Waals surface area contributed by atoms with Crippen LogP contribution in [0.15, 0.2) is 30.3 Å². The van der Waals surface area contributed by atoms with E-state index >= 15 is 0 Å². The van der Waals surface area contributed by atoms with Crippen LogP contribution >= 0.6 is 0 Å². The van der Waals surface area contributed by atoms with Gasteiger partial charge in [0.25, 0.3) is 0 Å². The lowest BCUT2D eigenvalue weighted by molar-refractivity contribution is 0.0220. The molecule has 3 rings (SSSR count). The topological polar surface area (TPSA) is 32.8 Å². The second kappa shape index (κ2) is 4.12. The van der Waals surface area contributed by atoms with Crippen LogP contribution in [0.25, 0.3) is 0 Å². The summed E-state index contributed by atoms with van der Waals surface area (Å²) in [5.41, 5.74) is -0.511. The molecule has 18 heavy (non-hydrogen) atoms. The highest BCUT2D eigenvalue weighted by atomic mass is 16.6. The van der Waals surface area contributed by atoms with Crippen LogP contribution in [0.3, 0.4) is 0 Å². The van der Waals surface area contributed by atoms with Gasteiger partial charge in [-0.1, -0.05) is 42.9 Å². The third-order valence-electron chi connectivity index (χ3n) is 4.13. The Morgan fingerprint density at radius 2 is 2.11 bits per heavy atom. The molecule has 1 aliphatic carbocycles. The molecule has 0 aromatic heterocycles. The third kappa shape index (κ3) is 1.84. The molecule has 0 spiro atoms. The Morgan fingerprint density at radius 1 is 1.33 bits per heavy atom. The molecular weight excluding hydrogens is 224 g/mol. The second-order valence-corrected chi connectivity index (χ2v) is 5.43. The maximum atomic E-state index is 10.6. The Kier molecular flexibility index (Phi) is 2.69. The van der Waals surface area contributed by atoms with Crippen LogP contribution in [0.5, 0.6) is 0 Å². The van der Waals surface area contributed by atoms with Crippen molar-refractivity contribution < 1.29 is 9.84 Å². The molecule has 2 aliphatic rings. The molecule has 2 fully saturated rings. The molecule has 3 atom stereocenters. The van der Waals surface area contributed by atoms with Crippen molar-refractivity contribution in [3.8, 4) is 11.8 Å². The Morgan fingerprint density at radius 3 is 2.83 bits per heavy atom. The van der Waals surface area contributed by atoms with Crippen molar-refractivity contribution in [1.82, 2.24) is 0 Å². The molecule has 0 bridgehead atoms. The summed E-state index contributed by atoms with van der Waals surface area (Å²) >= 11 is 0. The highest BCUT2D eigenvalue weighted by Crippen LogP contribution is 2.53. The molecule has 1 aromatic rings. The number of hydrogen-bond donors (Lipinski definition) is 1. The Balaban J connectivity index is 1.82. The molecule has 1 saturated heterocycles. The summed E-state index contributed by atoms with van der Waals surface area (Å²) in [4.78, 5) is 0. The van der Waals surface area contributed by atoms with Crippen molar-refractivity contribution in [3.63, 3.8) is 0 Å². The lowest BCUT2D eigenvalue weighted by Gasteiger charge is -2.28. The van der Waals surface area contributed by atoms with E-state index in [0.717, 1.165) is 24.8 Å². The van der Waals surface area contributed by atoms with Crippen molar-refractivity contribution >= 4 is 0 Å². The van der Waals surface area contributed by atoms with Crippen LogP contribution in [0.2, 0.25) is 0 Å². The van der Waals surface area contributed by atoms with Gasteiger partial charge in [-0.05, 0) is 31.9 Å². The zero-order valence-corrected chi connectivity index (χ0v) is 10.6. The van der Waals surface area contributed by atoms with Crippen molar-refractivity contribution in [3.05, 3.63) is 35.9 Å². The molecular formula is C16H18O2. The van der Waals surface area contributed by atoms with Crippen molar-refractivity contribution in [2.75, 3.05) is 0 Å². The molecule has 94 valence electrons. The Bertz CT molecular complexity index is 495. The van der Waals surface area contributed by atoms with Gasteiger partial charge in [0.1, 0.15) is 5.60 Å². The maximum Gasteiger partial charge on any atom is 0.154 e. The van der Waals surface area contributed by atoms with E-state index < -0.39 is 11.2 Å². The Labute approximate surface area is 108 Å². The summed E-state index contributed by atoms with van der Waals surface area (Å²) in [6.45, 7) is 1.79. The van der Waals surface area contributed by atoms with Gasteiger partial charge in [-0.3, -0.25) is 0 Å². The van der Waals surface area contributed by atoms with Gasteiger partial charge in [-0.2, -0.15) is 0 Å². The van der Waals surface area contributed by atoms with Crippen molar-refractivity contribution in [2.24, 2.45) is 0 Å². The highest BCUT2D eigenvalue weighted by Gasteiger charge is 2.66. The van der Waals surface area contributed by atoms with E-state index in [2.05, 4.69) is 11.8 Å². The van der Waals surface area contributed by atoms with Crippen LogP contribution in [0.1, 0.15) is 38.2 Å². The summed E-state index contributed by atoms with van der Waals surface area (Å²) in [6, 6.07) is 9.77. The van der Waals surface area contributed by atoms with Crippen LogP contribution in [-0.2, 0) is 4.74 Å². The van der Waals surface area contributed by atoms with E-state index in [9.17, 15) is 5.11 Å². The summed E-state index contributed by atoms with van der Waals surface area (Å²) < 4.78 is 5.77. The lowest BCUT2D eigenvalue weighted by atomic mass is 9.77. The van der Waals surface area contributed by atoms with E-state index in [1.54, 1.807) is 6.92 Å². The fourth-order valence-corrected chi connectivity index (χ4v) is 2.94. The van der Waals surface area contributed by atoms with Gasteiger partial charge in [0.05, 0.1) is 6.10 Å². The minimum absolute atomic E-state index is 0.214. The largest absolute Gasteiger partial charge is 0.375 e. The molecule has 0 radical (unpaired) electrons. The van der Waals surface area contributed by atoms with Gasteiger partial charge >= 0.3 is 0 Å². The highest BCUT2D eigenvalue weighted by molar-refractivity contribution is 5.38. The number of fused-ring (bicyclic) bond motifs is 1. The van der Waals surface area contributed by atoms with Crippen molar-refractivity contribution in [2.45, 2.75) is 49.9 Å². The first-order chi connectivity index (χ1) is 8.64. The molecule has 1 saturated carbocycles. The van der Waals surface area contributed by atoms with Gasteiger partial charge in [-0.25, -0.2) is 0 Å². The van der Waals surface area contributed by atoms with Gasteiger partial charge in [0, 0.05) is 5.56 Å². The predicted octanol–water partition coefficient (Wildman–Crippen LogP) is 2.50. The van der Waals surface area contributed by atoms with Crippen molar-refractivity contribution in [1.29, 1.82) is 0 Å². The number of benzene rings is 1. The minimum atomic E-state index is -1.05. The monoisotopic (exact) mass is 242 g/mol. The van der Waals surface area contributed by atoms with E-state index in [0.29, 0.717) is 0 Å². The number of ether oxygens (including phenoxy) is 1. The fraction of sp³-hybridized carbons (Fsp3) is 0.500. The van der Waals surface area contributed by atoms with Gasteiger partial charge in [0.15, 0.2) is 5.60 Å². The summed E-state index contributed by atoms with van der Waals surface area (Å²) in [6.07, 6.45) is 4.53. The number of hydrogen-bond acceptors (Lipinski definition) is 2. The second-order valence-electron chi connectivity index (χ2n) is 5.43. The van der Waals surface area contributed by atoms with Gasteiger partial charge in [-0.15, -0.1) is 0 Å². The number of epoxide rings is 1. The first-order valence-electron chi connectivity index (χ1n) is 6.62. The van der Waals surface area contributed by atoms with E-state index in [-0.39, 0.29) is 6.10 Å². The van der Waals surface area contributed by atoms with Crippen LogP contribution in [0, 0.1) is 11.8 Å². The fourth-order valence-electron chi connectivity index (χ4n) is 2.94. The summed E-state index contributed by atoms with van der Waals surface area (Å²) in [7, 11) is 0. The average molecular weight is 242 g/mol. The molecule has 1 aliphatic heterocycles. The minimum Gasteiger partial charge on any atom is -0.375 e. The normalized spacial score (nSPS) is 32.7. The number of aliphatic hydroxyl groups is 1. The third-order valence-corrected chi connectivity index (χ3v) is 4.13. The molecule has 0 amide bonds. The molecule has 2 nitrogen and oxygen atoms in total. The molecule has 1 heterocycles. The van der Waals surface area contributed by atoms with Gasteiger partial charge < -0.3 is 9.84 Å². The zero-order valence-electron chi connectivity index (χ0n) is 10.6. The standard InChI is InChI=1S/C16H18O2/c1-15(17,12-10-13-7-3-2-4-8-13)16-11-6-5-9-14(16)18-16/h2-4,7-8,14,17H,5-6,9,11H2,1H3/t14-,15+,16+/m1/s1. The average Bonchev–Trinajstić information content (AvgIpc) is 3.14. The number of rotatable bonds is 1. The summed E-state index contributed by atoms with van der Waals surface area (Å²) in [5.74, 6) is 6.06. The quantitative estimate of drug-likeness (QED) is 0.606. The van der Waals surface area contributed by atoms with Crippen LogP contribution in [-0.4, -0.2) is 22.4 Å². The zero-order chi connectivity index (χ0) is 12.6. The first kappa shape index (κ1) is 11.8. The molecule has 2 heteroatoms.